The van der Waals surface area contributed by atoms with Gasteiger partial charge in [0.25, 0.3) is 5.91 Å². The Kier molecular flexibility index (Phi) is 2.91. The second-order valence-corrected chi connectivity index (χ2v) is 4.68. The highest BCUT2D eigenvalue weighted by Gasteiger charge is 2.21. The van der Waals surface area contributed by atoms with E-state index in [9.17, 15) is 4.79 Å². The molecule has 98 valence electrons. The van der Waals surface area contributed by atoms with Crippen molar-refractivity contribution in [1.82, 2.24) is 15.3 Å². The summed E-state index contributed by atoms with van der Waals surface area (Å²) in [7, 11) is 1.57. The molecule has 0 fully saturated rings. The van der Waals surface area contributed by atoms with Crippen LogP contribution in [-0.2, 0) is 6.42 Å². The lowest BCUT2D eigenvalue weighted by molar-refractivity contribution is 0.0946. The van der Waals surface area contributed by atoms with Crippen LogP contribution in [0.15, 0.2) is 18.3 Å². The summed E-state index contributed by atoms with van der Waals surface area (Å²) in [6.45, 7) is 0.653. The fraction of sp³-hybridized carbons (Fsp3) is 0.231. The van der Waals surface area contributed by atoms with Gasteiger partial charge >= 0.3 is 0 Å². The maximum Gasteiger partial charge on any atom is 0.253 e. The summed E-state index contributed by atoms with van der Waals surface area (Å²) in [6, 6.07) is 3.54. The number of aromatic amines is 1. The summed E-state index contributed by atoms with van der Waals surface area (Å²) in [5.41, 5.74) is 3.22. The molecule has 6 heteroatoms. The van der Waals surface area contributed by atoms with Crippen molar-refractivity contribution in [2.24, 2.45) is 0 Å². The van der Waals surface area contributed by atoms with Crippen molar-refractivity contribution in [2.75, 3.05) is 13.7 Å². The lowest BCUT2D eigenvalue weighted by Crippen LogP contribution is -2.31. The van der Waals surface area contributed by atoms with E-state index in [1.807, 2.05) is 6.07 Å². The van der Waals surface area contributed by atoms with E-state index < -0.39 is 0 Å². The number of hydrogen-bond donors (Lipinski definition) is 2. The van der Waals surface area contributed by atoms with Gasteiger partial charge in [0, 0.05) is 24.2 Å². The fourth-order valence-corrected chi connectivity index (χ4v) is 2.39. The molecule has 1 amide bonds. The number of rotatable bonds is 2. The first-order valence-electron chi connectivity index (χ1n) is 5.89. The number of carbonyl (C=O) groups excluding carboxylic acids is 1. The Labute approximate surface area is 114 Å². The largest absolute Gasteiger partial charge is 0.494 e. The van der Waals surface area contributed by atoms with Crippen molar-refractivity contribution in [3.8, 4) is 17.0 Å². The number of ether oxygens (including phenoxy) is 1. The van der Waals surface area contributed by atoms with Crippen LogP contribution in [-0.4, -0.2) is 29.5 Å². The molecule has 2 aromatic rings. The molecule has 0 bridgehead atoms. The monoisotopic (exact) mass is 277 g/mol. The molecule has 0 unspecified atom stereocenters. The van der Waals surface area contributed by atoms with Gasteiger partial charge in [-0.2, -0.15) is 0 Å². The Morgan fingerprint density at radius 2 is 2.21 bits per heavy atom. The molecule has 5 nitrogen and oxygen atoms in total. The van der Waals surface area contributed by atoms with Crippen molar-refractivity contribution >= 4 is 17.5 Å². The minimum absolute atomic E-state index is 0.0529. The maximum atomic E-state index is 11.8. The van der Waals surface area contributed by atoms with E-state index in [0.717, 1.165) is 23.4 Å². The van der Waals surface area contributed by atoms with Crippen LogP contribution in [0.3, 0.4) is 0 Å². The van der Waals surface area contributed by atoms with E-state index >= 15 is 0 Å². The number of H-pyrrole nitrogens is 1. The predicted octanol–water partition coefficient (Wildman–Crippen LogP) is 2.02. The van der Waals surface area contributed by atoms with Crippen LogP contribution < -0.4 is 10.1 Å². The van der Waals surface area contributed by atoms with Gasteiger partial charge < -0.3 is 15.0 Å². The quantitative estimate of drug-likeness (QED) is 0.826. The van der Waals surface area contributed by atoms with E-state index in [1.54, 1.807) is 19.4 Å². The summed E-state index contributed by atoms with van der Waals surface area (Å²) < 4.78 is 5.27. The minimum atomic E-state index is -0.0529. The summed E-state index contributed by atoms with van der Waals surface area (Å²) in [5, 5.41) is 3.20. The number of nitrogens with one attached hydrogen (secondary N) is 2. The van der Waals surface area contributed by atoms with Crippen molar-refractivity contribution in [2.45, 2.75) is 6.42 Å². The number of hydrogen-bond acceptors (Lipinski definition) is 3. The number of methoxy groups -OCH3 is 1. The number of nitrogens with zero attached hydrogens (tertiary/aromatic N) is 1. The smallest absolute Gasteiger partial charge is 0.253 e. The molecule has 0 spiro atoms. The third-order valence-electron chi connectivity index (χ3n) is 3.15. The molecular weight excluding hydrogens is 266 g/mol. The molecule has 2 aromatic heterocycles. The highest BCUT2D eigenvalue weighted by Crippen LogP contribution is 2.32. The molecule has 1 aliphatic heterocycles. The zero-order chi connectivity index (χ0) is 13.4. The average Bonchev–Trinajstić information content (AvgIpc) is 2.84. The molecule has 0 saturated heterocycles. The molecule has 3 heterocycles. The topological polar surface area (TPSA) is 67.0 Å². The van der Waals surface area contributed by atoms with Gasteiger partial charge in [-0.1, -0.05) is 11.6 Å². The Hall–Kier alpha value is -2.01. The Morgan fingerprint density at radius 3 is 2.95 bits per heavy atom. The van der Waals surface area contributed by atoms with Gasteiger partial charge in [-0.25, -0.2) is 4.98 Å². The lowest BCUT2D eigenvalue weighted by Gasteiger charge is -2.11. The molecule has 3 rings (SSSR count). The van der Waals surface area contributed by atoms with Crippen LogP contribution in [0, 0.1) is 0 Å². The number of pyridine rings is 1. The normalized spacial score (nSPS) is 13.9. The van der Waals surface area contributed by atoms with Gasteiger partial charge in [0.05, 0.1) is 24.6 Å². The average molecular weight is 278 g/mol. The van der Waals surface area contributed by atoms with Crippen LogP contribution in [0.4, 0.5) is 0 Å². The number of halogens is 1. The third kappa shape index (κ3) is 2.06. The van der Waals surface area contributed by atoms with E-state index in [2.05, 4.69) is 15.3 Å². The zero-order valence-electron chi connectivity index (χ0n) is 10.3. The predicted molar refractivity (Wildman–Crippen MR) is 71.6 cm³/mol. The van der Waals surface area contributed by atoms with Crippen molar-refractivity contribution in [1.29, 1.82) is 0 Å². The summed E-state index contributed by atoms with van der Waals surface area (Å²) in [6.07, 6.45) is 2.36. The number of aromatic nitrogens is 2. The second kappa shape index (κ2) is 4.59. The Bertz CT molecular complexity index is 651. The molecular formula is C13H12ClN3O2. The van der Waals surface area contributed by atoms with Gasteiger partial charge in [0.15, 0.2) is 0 Å². The van der Waals surface area contributed by atoms with Crippen LogP contribution in [0.2, 0.25) is 5.15 Å². The van der Waals surface area contributed by atoms with Crippen LogP contribution in [0.25, 0.3) is 11.3 Å². The van der Waals surface area contributed by atoms with Crippen molar-refractivity contribution in [3.05, 3.63) is 34.7 Å². The Morgan fingerprint density at radius 1 is 1.37 bits per heavy atom. The van der Waals surface area contributed by atoms with E-state index in [4.69, 9.17) is 16.3 Å². The first-order chi connectivity index (χ1) is 9.19. The minimum Gasteiger partial charge on any atom is -0.494 e. The SMILES string of the molecule is COc1cnc(Cl)cc1-c1cc2c([nH]1)CCNC2=O. The molecule has 0 atom stereocenters. The first kappa shape index (κ1) is 12.0. The summed E-state index contributed by atoms with van der Waals surface area (Å²) in [4.78, 5) is 19.0. The standard InChI is InChI=1S/C13H12ClN3O2/c1-19-11-6-16-12(14)5-7(11)10-4-8-9(17-10)2-3-15-13(8)18/h4-6,17H,2-3H2,1H3,(H,15,18). The Balaban J connectivity index is 2.12. The lowest BCUT2D eigenvalue weighted by atomic mass is 10.1. The highest BCUT2D eigenvalue weighted by molar-refractivity contribution is 6.29. The fourth-order valence-electron chi connectivity index (χ4n) is 2.23. The third-order valence-corrected chi connectivity index (χ3v) is 3.36. The number of amides is 1. The molecule has 0 radical (unpaired) electrons. The van der Waals surface area contributed by atoms with E-state index in [1.165, 1.54) is 0 Å². The van der Waals surface area contributed by atoms with Gasteiger partial charge in [-0.3, -0.25) is 4.79 Å². The number of carbonyl (C=O) groups is 1. The maximum absolute atomic E-state index is 11.8. The summed E-state index contributed by atoms with van der Waals surface area (Å²) in [5.74, 6) is 0.561. The van der Waals surface area contributed by atoms with Gasteiger partial charge in [-0.15, -0.1) is 0 Å². The van der Waals surface area contributed by atoms with Gasteiger partial charge in [0.2, 0.25) is 0 Å². The molecule has 19 heavy (non-hydrogen) atoms. The van der Waals surface area contributed by atoms with Crippen LogP contribution >= 0.6 is 11.6 Å². The van der Waals surface area contributed by atoms with Gasteiger partial charge in [0.1, 0.15) is 10.9 Å². The molecule has 1 aliphatic rings. The highest BCUT2D eigenvalue weighted by atomic mass is 35.5. The number of fused-ring (bicyclic) bond motifs is 1. The van der Waals surface area contributed by atoms with Crippen molar-refractivity contribution in [3.63, 3.8) is 0 Å². The molecule has 0 aliphatic carbocycles. The van der Waals surface area contributed by atoms with Crippen LogP contribution in [0.1, 0.15) is 16.1 Å². The van der Waals surface area contributed by atoms with Gasteiger partial charge in [-0.05, 0) is 12.1 Å². The van der Waals surface area contributed by atoms with Crippen molar-refractivity contribution < 1.29 is 9.53 Å². The summed E-state index contributed by atoms with van der Waals surface area (Å²) >= 11 is 5.92. The van der Waals surface area contributed by atoms with E-state index in [-0.39, 0.29) is 5.91 Å². The molecule has 0 aromatic carbocycles. The second-order valence-electron chi connectivity index (χ2n) is 4.29. The molecule has 0 saturated carbocycles. The van der Waals surface area contributed by atoms with E-state index in [0.29, 0.717) is 23.0 Å². The van der Waals surface area contributed by atoms with Crippen LogP contribution in [0.5, 0.6) is 5.75 Å². The first-order valence-corrected chi connectivity index (χ1v) is 6.27. The zero-order valence-corrected chi connectivity index (χ0v) is 11.0. The molecule has 2 N–H and O–H groups in total.